The van der Waals surface area contributed by atoms with Gasteiger partial charge in [0.1, 0.15) is 6.61 Å². The molecule has 6 nitrogen and oxygen atoms in total. The van der Waals surface area contributed by atoms with E-state index in [1.165, 1.54) is 25.4 Å². The molecule has 0 aromatic rings. The molecule has 0 bridgehead atoms. The predicted octanol–water partition coefficient (Wildman–Crippen LogP) is 0.624. The van der Waals surface area contributed by atoms with E-state index in [0.717, 1.165) is 17.1 Å². The van der Waals surface area contributed by atoms with E-state index in [-0.39, 0.29) is 25.0 Å². The minimum absolute atomic E-state index is 0.0826. The number of hydrogen-bond donors (Lipinski definition) is 0. The number of nitrogens with zero attached hydrogens (tertiary/aromatic N) is 2. The van der Waals surface area contributed by atoms with Gasteiger partial charge in [-0.3, -0.25) is 4.79 Å². The molecule has 0 aromatic carbocycles. The molecular formula is C12H22N2O4S. The Balaban J connectivity index is 2.34. The number of hydrogen-bond acceptors (Lipinski definition) is 4. The largest absolute Gasteiger partial charge is 0.464 e. The van der Waals surface area contributed by atoms with E-state index in [2.05, 4.69) is 6.08 Å². The second-order valence-electron chi connectivity index (χ2n) is 4.76. The first-order valence-corrected chi connectivity index (χ1v) is 7.71. The van der Waals surface area contributed by atoms with E-state index in [1.807, 2.05) is 6.08 Å². The number of allylic oxidation sites excluding steroid dienone is 2. The lowest BCUT2D eigenvalue weighted by Gasteiger charge is -2.22. The van der Waals surface area contributed by atoms with E-state index < -0.39 is 10.2 Å². The Morgan fingerprint density at radius 2 is 2.00 bits per heavy atom. The molecule has 1 atom stereocenters. The Hall–Kier alpha value is -0.920. The van der Waals surface area contributed by atoms with Gasteiger partial charge in [0.05, 0.1) is 5.92 Å². The van der Waals surface area contributed by atoms with Gasteiger partial charge in [-0.1, -0.05) is 12.2 Å². The molecular weight excluding hydrogens is 268 g/mol. The summed E-state index contributed by atoms with van der Waals surface area (Å²) in [6, 6.07) is 0. The molecule has 0 amide bonds. The first-order valence-electron chi connectivity index (χ1n) is 6.31. The lowest BCUT2D eigenvalue weighted by Crippen LogP contribution is -2.39. The fourth-order valence-electron chi connectivity index (χ4n) is 1.79. The quantitative estimate of drug-likeness (QED) is 0.531. The van der Waals surface area contributed by atoms with Crippen LogP contribution in [0.1, 0.15) is 19.3 Å². The van der Waals surface area contributed by atoms with Crippen LogP contribution < -0.4 is 0 Å². The molecule has 0 radical (unpaired) electrons. The van der Waals surface area contributed by atoms with Crippen molar-refractivity contribution in [3.8, 4) is 0 Å². The molecule has 0 spiro atoms. The van der Waals surface area contributed by atoms with E-state index in [4.69, 9.17) is 4.74 Å². The monoisotopic (exact) mass is 290 g/mol. The van der Waals surface area contributed by atoms with Crippen LogP contribution in [0.2, 0.25) is 0 Å². The van der Waals surface area contributed by atoms with Crippen molar-refractivity contribution >= 4 is 16.2 Å². The van der Waals surface area contributed by atoms with Crippen molar-refractivity contribution in [2.45, 2.75) is 19.3 Å². The molecule has 1 rings (SSSR count). The molecule has 0 aliphatic heterocycles. The van der Waals surface area contributed by atoms with Gasteiger partial charge in [-0.2, -0.15) is 17.0 Å². The molecule has 0 heterocycles. The van der Waals surface area contributed by atoms with Gasteiger partial charge in [0.2, 0.25) is 0 Å². The molecule has 110 valence electrons. The Bertz CT molecular complexity index is 431. The van der Waals surface area contributed by atoms with Crippen LogP contribution in [0, 0.1) is 5.92 Å². The number of carbonyl (C=O) groups is 1. The van der Waals surface area contributed by atoms with Crippen LogP contribution >= 0.6 is 0 Å². The lowest BCUT2D eigenvalue weighted by atomic mass is 9.95. The van der Waals surface area contributed by atoms with Gasteiger partial charge in [-0.15, -0.1) is 0 Å². The summed E-state index contributed by atoms with van der Waals surface area (Å²) in [5, 5.41) is 0. The van der Waals surface area contributed by atoms with Crippen LogP contribution in [0.4, 0.5) is 0 Å². The van der Waals surface area contributed by atoms with Gasteiger partial charge < -0.3 is 4.74 Å². The molecule has 0 saturated heterocycles. The van der Waals surface area contributed by atoms with Crippen LogP contribution in [-0.4, -0.2) is 57.3 Å². The smallest absolute Gasteiger partial charge is 0.309 e. The average Bonchev–Trinajstić information content (AvgIpc) is 2.39. The predicted molar refractivity (Wildman–Crippen MR) is 72.7 cm³/mol. The van der Waals surface area contributed by atoms with Crippen LogP contribution in [0.5, 0.6) is 0 Å². The second-order valence-corrected chi connectivity index (χ2v) is 7.01. The summed E-state index contributed by atoms with van der Waals surface area (Å²) in [6.07, 6.45) is 6.46. The SMILES string of the molecule is CN(C)S(=O)(=O)N(C)CCOC(=O)C1CC=CCC1. The summed E-state index contributed by atoms with van der Waals surface area (Å²) in [5.41, 5.74) is 0. The third-order valence-corrected chi connectivity index (χ3v) is 5.00. The maximum absolute atomic E-state index is 11.7. The number of esters is 1. The van der Waals surface area contributed by atoms with Crippen molar-refractivity contribution in [2.75, 3.05) is 34.3 Å². The molecule has 1 aliphatic carbocycles. The average molecular weight is 290 g/mol. The van der Waals surface area contributed by atoms with E-state index in [1.54, 1.807) is 0 Å². The Morgan fingerprint density at radius 1 is 1.32 bits per heavy atom. The summed E-state index contributed by atoms with van der Waals surface area (Å²) >= 11 is 0. The highest BCUT2D eigenvalue weighted by Gasteiger charge is 2.22. The van der Waals surface area contributed by atoms with Crippen molar-refractivity contribution < 1.29 is 17.9 Å². The first-order chi connectivity index (χ1) is 8.85. The van der Waals surface area contributed by atoms with Crippen LogP contribution in [0.25, 0.3) is 0 Å². The van der Waals surface area contributed by atoms with Crippen molar-refractivity contribution in [1.29, 1.82) is 0 Å². The summed E-state index contributed by atoms with van der Waals surface area (Å²) in [7, 11) is 0.958. The zero-order valence-electron chi connectivity index (χ0n) is 11.7. The summed E-state index contributed by atoms with van der Waals surface area (Å²) in [6.45, 7) is 0.247. The van der Waals surface area contributed by atoms with Gasteiger partial charge in [0, 0.05) is 27.7 Å². The van der Waals surface area contributed by atoms with Crippen molar-refractivity contribution in [2.24, 2.45) is 5.92 Å². The third-order valence-electron chi connectivity index (χ3n) is 3.11. The highest BCUT2D eigenvalue weighted by Crippen LogP contribution is 2.19. The molecule has 0 N–H and O–H groups in total. The van der Waals surface area contributed by atoms with Crippen molar-refractivity contribution in [1.82, 2.24) is 8.61 Å². The minimum Gasteiger partial charge on any atom is -0.464 e. The number of carbonyl (C=O) groups excluding carboxylic acids is 1. The molecule has 19 heavy (non-hydrogen) atoms. The molecule has 0 aromatic heterocycles. The second kappa shape index (κ2) is 7.02. The zero-order valence-corrected chi connectivity index (χ0v) is 12.5. The Kier molecular flexibility index (Phi) is 5.96. The third kappa shape index (κ3) is 4.59. The van der Waals surface area contributed by atoms with Crippen LogP contribution in [0.15, 0.2) is 12.2 Å². The first kappa shape index (κ1) is 16.1. The van der Waals surface area contributed by atoms with Gasteiger partial charge in [0.15, 0.2) is 0 Å². The van der Waals surface area contributed by atoms with Crippen molar-refractivity contribution in [3.63, 3.8) is 0 Å². The molecule has 0 saturated carbocycles. The Morgan fingerprint density at radius 3 is 2.53 bits per heavy atom. The summed E-state index contributed by atoms with van der Waals surface area (Å²) < 4.78 is 30.8. The molecule has 0 fully saturated rings. The van der Waals surface area contributed by atoms with Crippen molar-refractivity contribution in [3.05, 3.63) is 12.2 Å². The van der Waals surface area contributed by atoms with Gasteiger partial charge >= 0.3 is 5.97 Å². The van der Waals surface area contributed by atoms with Gasteiger partial charge in [-0.05, 0) is 19.3 Å². The maximum Gasteiger partial charge on any atom is 0.309 e. The minimum atomic E-state index is -3.44. The highest BCUT2D eigenvalue weighted by molar-refractivity contribution is 7.86. The maximum atomic E-state index is 11.7. The lowest BCUT2D eigenvalue weighted by molar-refractivity contribution is -0.148. The highest BCUT2D eigenvalue weighted by atomic mass is 32.2. The van der Waals surface area contributed by atoms with Gasteiger partial charge in [-0.25, -0.2) is 0 Å². The standard InChI is InChI=1S/C12H22N2O4S/c1-13(2)19(16,17)14(3)9-10-18-12(15)11-7-5-4-6-8-11/h4-5,11H,6-10H2,1-3H3. The number of likely N-dealkylation sites (N-methyl/N-ethyl adjacent to an activating group) is 1. The molecule has 1 aliphatic rings. The fraction of sp³-hybridized carbons (Fsp3) is 0.750. The molecule has 7 heteroatoms. The topological polar surface area (TPSA) is 66.9 Å². The van der Waals surface area contributed by atoms with E-state index >= 15 is 0 Å². The summed E-state index contributed by atoms with van der Waals surface area (Å²) in [5.74, 6) is -0.319. The summed E-state index contributed by atoms with van der Waals surface area (Å²) in [4.78, 5) is 11.7. The van der Waals surface area contributed by atoms with Crippen LogP contribution in [-0.2, 0) is 19.7 Å². The zero-order chi connectivity index (χ0) is 14.5. The van der Waals surface area contributed by atoms with E-state index in [9.17, 15) is 13.2 Å². The Labute approximate surface area is 115 Å². The number of rotatable bonds is 6. The van der Waals surface area contributed by atoms with Crippen LogP contribution in [0.3, 0.4) is 0 Å². The molecule has 1 unspecified atom stereocenters. The van der Waals surface area contributed by atoms with E-state index in [0.29, 0.717) is 6.42 Å². The van der Waals surface area contributed by atoms with Gasteiger partial charge in [0.25, 0.3) is 10.2 Å². The normalized spacial score (nSPS) is 19.9. The fourth-order valence-corrected chi connectivity index (χ4v) is 2.66. The number of ether oxygens (including phenoxy) is 1.